The molecule has 8 heteroatoms. The number of benzene rings is 2. The van der Waals surface area contributed by atoms with Gasteiger partial charge >= 0.3 is 0 Å². The molecule has 2 aromatic rings. The molecule has 0 aliphatic heterocycles. The predicted molar refractivity (Wildman–Crippen MR) is 117 cm³/mol. The monoisotopic (exact) mass is 434 g/mol. The lowest BCUT2D eigenvalue weighted by atomic mass is 10.1. The van der Waals surface area contributed by atoms with E-state index in [1.54, 1.807) is 6.07 Å². The van der Waals surface area contributed by atoms with Gasteiger partial charge in [-0.15, -0.1) is 0 Å². The largest absolute Gasteiger partial charge is 0.484 e. The van der Waals surface area contributed by atoms with Crippen molar-refractivity contribution in [2.45, 2.75) is 45.1 Å². The van der Waals surface area contributed by atoms with Crippen LogP contribution in [0.2, 0.25) is 0 Å². The molecule has 0 saturated heterocycles. The van der Waals surface area contributed by atoms with Crippen LogP contribution in [0.5, 0.6) is 5.75 Å². The third-order valence-electron chi connectivity index (χ3n) is 4.24. The van der Waals surface area contributed by atoms with E-state index in [0.29, 0.717) is 24.6 Å². The number of carbonyl (C=O) groups is 1. The third-order valence-corrected chi connectivity index (χ3v) is 5.62. The molecule has 0 bridgehead atoms. The maximum Gasteiger partial charge on any atom is 0.261 e. The summed E-state index contributed by atoms with van der Waals surface area (Å²) in [5.74, 6) is 0.173. The molecule has 0 aliphatic rings. The minimum atomic E-state index is -3.72. The first-order chi connectivity index (χ1) is 14.2. The Balaban J connectivity index is 1.85. The normalized spacial score (nSPS) is 11.4. The first kappa shape index (κ1) is 23.7. The average molecular weight is 435 g/mol. The van der Waals surface area contributed by atoms with E-state index in [9.17, 15) is 13.2 Å². The second-order valence-corrected chi connectivity index (χ2v) is 8.99. The highest BCUT2D eigenvalue weighted by Crippen LogP contribution is 2.22. The van der Waals surface area contributed by atoms with Gasteiger partial charge in [-0.05, 0) is 75.6 Å². The van der Waals surface area contributed by atoms with E-state index in [1.807, 2.05) is 39.8 Å². The second-order valence-electron chi connectivity index (χ2n) is 7.31. The molecule has 2 rings (SSSR count). The number of rotatable bonds is 11. The Hall–Kier alpha value is -2.58. The fraction of sp³-hybridized carbons (Fsp3) is 0.409. The van der Waals surface area contributed by atoms with Gasteiger partial charge in [0, 0.05) is 13.2 Å². The van der Waals surface area contributed by atoms with Crippen molar-refractivity contribution in [3.8, 4) is 5.75 Å². The number of amides is 1. The van der Waals surface area contributed by atoms with Gasteiger partial charge in [0.05, 0.1) is 16.7 Å². The summed E-state index contributed by atoms with van der Waals surface area (Å²) < 4.78 is 38.7. The van der Waals surface area contributed by atoms with E-state index in [4.69, 9.17) is 9.47 Å². The first-order valence-electron chi connectivity index (χ1n) is 9.88. The Morgan fingerprint density at radius 3 is 2.43 bits per heavy atom. The summed E-state index contributed by atoms with van der Waals surface area (Å²) in [4.78, 5) is 11.9. The summed E-state index contributed by atoms with van der Waals surface area (Å²) in [7, 11) is -3.72. The van der Waals surface area contributed by atoms with Crippen LogP contribution < -0.4 is 14.8 Å². The van der Waals surface area contributed by atoms with Crippen LogP contribution >= 0.6 is 0 Å². The Kier molecular flexibility index (Phi) is 8.68. The van der Waals surface area contributed by atoms with Crippen molar-refractivity contribution in [2.24, 2.45) is 0 Å². The molecule has 0 spiro atoms. The van der Waals surface area contributed by atoms with Crippen LogP contribution in [0, 0.1) is 13.8 Å². The summed E-state index contributed by atoms with van der Waals surface area (Å²) in [6.07, 6.45) is 0.899. The summed E-state index contributed by atoms with van der Waals surface area (Å²) >= 11 is 0. The summed E-state index contributed by atoms with van der Waals surface area (Å²) in [5.41, 5.74) is 2.35. The molecule has 1 amide bonds. The highest BCUT2D eigenvalue weighted by molar-refractivity contribution is 7.92. The molecule has 2 aromatic carbocycles. The molecule has 0 radical (unpaired) electrons. The second kappa shape index (κ2) is 11.0. The Morgan fingerprint density at radius 1 is 1.07 bits per heavy atom. The van der Waals surface area contributed by atoms with Crippen molar-refractivity contribution < 1.29 is 22.7 Å². The van der Waals surface area contributed by atoms with Crippen LogP contribution in [0.4, 0.5) is 5.69 Å². The molecule has 0 unspecified atom stereocenters. The van der Waals surface area contributed by atoms with Crippen molar-refractivity contribution in [2.75, 3.05) is 24.5 Å². The minimum Gasteiger partial charge on any atom is -0.484 e. The van der Waals surface area contributed by atoms with Gasteiger partial charge < -0.3 is 14.8 Å². The van der Waals surface area contributed by atoms with Gasteiger partial charge in [-0.1, -0.05) is 12.1 Å². The topological polar surface area (TPSA) is 93.7 Å². The lowest BCUT2D eigenvalue weighted by Gasteiger charge is -2.12. The molecule has 0 atom stereocenters. The number of nitrogens with one attached hydrogen (secondary N) is 2. The van der Waals surface area contributed by atoms with Crippen LogP contribution in [0.1, 0.15) is 31.4 Å². The van der Waals surface area contributed by atoms with Crippen LogP contribution in [0.25, 0.3) is 0 Å². The van der Waals surface area contributed by atoms with Crippen molar-refractivity contribution in [3.05, 3.63) is 53.6 Å². The molecule has 0 saturated carbocycles. The number of anilines is 1. The molecular formula is C22H30N2O5S. The average Bonchev–Trinajstić information content (AvgIpc) is 2.69. The smallest absolute Gasteiger partial charge is 0.261 e. The van der Waals surface area contributed by atoms with Crippen LogP contribution in [0.15, 0.2) is 47.4 Å². The highest BCUT2D eigenvalue weighted by atomic mass is 32.2. The lowest BCUT2D eigenvalue weighted by Crippen LogP contribution is -2.30. The van der Waals surface area contributed by atoms with Gasteiger partial charge in [-0.3, -0.25) is 9.52 Å². The predicted octanol–water partition coefficient (Wildman–Crippen LogP) is 3.41. The van der Waals surface area contributed by atoms with Gasteiger partial charge in [-0.2, -0.15) is 0 Å². The fourth-order valence-corrected chi connectivity index (χ4v) is 3.71. The number of aryl methyl sites for hydroxylation is 2. The zero-order valence-corrected chi connectivity index (χ0v) is 18.7. The highest BCUT2D eigenvalue weighted by Gasteiger charge is 2.15. The van der Waals surface area contributed by atoms with Gasteiger partial charge in [0.25, 0.3) is 15.9 Å². The summed E-state index contributed by atoms with van der Waals surface area (Å²) in [6.45, 7) is 8.62. The Labute approximate surface area is 178 Å². The van der Waals surface area contributed by atoms with Crippen LogP contribution in [-0.4, -0.2) is 40.2 Å². The fourth-order valence-electron chi connectivity index (χ4n) is 2.58. The number of hydrogen-bond acceptors (Lipinski definition) is 5. The van der Waals surface area contributed by atoms with E-state index in [-0.39, 0.29) is 23.5 Å². The molecule has 0 aliphatic carbocycles. The molecule has 2 N–H and O–H groups in total. The SMILES string of the molecule is Cc1ccc(C)c(NS(=O)(=O)c2ccc(OCC(=O)NCCCOC(C)C)cc2)c1. The summed E-state index contributed by atoms with van der Waals surface area (Å²) in [5, 5.41) is 2.75. The van der Waals surface area contributed by atoms with Crippen molar-refractivity contribution in [3.63, 3.8) is 0 Å². The molecule has 0 heterocycles. The maximum absolute atomic E-state index is 12.6. The van der Waals surface area contributed by atoms with Crippen LogP contribution in [-0.2, 0) is 19.6 Å². The first-order valence-corrected chi connectivity index (χ1v) is 11.4. The zero-order chi connectivity index (χ0) is 22.1. The van der Waals surface area contributed by atoms with E-state index >= 15 is 0 Å². The standard InChI is InChI=1S/C22H30N2O5S/c1-16(2)28-13-5-12-23-22(25)15-29-19-8-10-20(11-9-19)30(26,27)24-21-14-17(3)6-7-18(21)4/h6-11,14,16,24H,5,12-13,15H2,1-4H3,(H,23,25). The van der Waals surface area contributed by atoms with E-state index in [0.717, 1.165) is 17.5 Å². The van der Waals surface area contributed by atoms with Gasteiger partial charge in [0.15, 0.2) is 6.61 Å². The molecule has 7 nitrogen and oxygen atoms in total. The number of carbonyl (C=O) groups excluding carboxylic acids is 1. The number of sulfonamides is 1. The molecule has 0 fully saturated rings. The molecule has 30 heavy (non-hydrogen) atoms. The minimum absolute atomic E-state index is 0.116. The summed E-state index contributed by atoms with van der Waals surface area (Å²) in [6, 6.07) is 11.5. The van der Waals surface area contributed by atoms with Gasteiger partial charge in [-0.25, -0.2) is 8.42 Å². The van der Waals surface area contributed by atoms with Crippen molar-refractivity contribution in [1.82, 2.24) is 5.32 Å². The maximum atomic E-state index is 12.6. The third kappa shape index (κ3) is 7.68. The van der Waals surface area contributed by atoms with Gasteiger partial charge in [0.1, 0.15) is 5.75 Å². The van der Waals surface area contributed by atoms with E-state index < -0.39 is 10.0 Å². The lowest BCUT2D eigenvalue weighted by molar-refractivity contribution is -0.123. The van der Waals surface area contributed by atoms with Gasteiger partial charge in [0.2, 0.25) is 0 Å². The number of hydrogen-bond donors (Lipinski definition) is 2. The van der Waals surface area contributed by atoms with Crippen molar-refractivity contribution >= 4 is 21.6 Å². The van der Waals surface area contributed by atoms with E-state index in [2.05, 4.69) is 10.0 Å². The Morgan fingerprint density at radius 2 is 1.77 bits per heavy atom. The molecule has 0 aromatic heterocycles. The molecular weight excluding hydrogens is 404 g/mol. The Bertz CT molecular complexity index is 941. The van der Waals surface area contributed by atoms with Crippen LogP contribution in [0.3, 0.4) is 0 Å². The van der Waals surface area contributed by atoms with Crippen molar-refractivity contribution in [1.29, 1.82) is 0 Å². The molecule has 164 valence electrons. The quantitative estimate of drug-likeness (QED) is 0.529. The van der Waals surface area contributed by atoms with E-state index in [1.165, 1.54) is 24.3 Å². The zero-order valence-electron chi connectivity index (χ0n) is 17.9. The number of ether oxygens (including phenoxy) is 2.